The van der Waals surface area contributed by atoms with Crippen LogP contribution in [0.1, 0.15) is 17.3 Å². The number of methoxy groups -OCH3 is 3. The minimum absolute atomic E-state index is 0.0581. The molecular formula is C15H17NO6S. The smallest absolute Gasteiger partial charge is 0.344 e. The van der Waals surface area contributed by atoms with Gasteiger partial charge in [-0.05, 0) is 6.92 Å². The van der Waals surface area contributed by atoms with Crippen molar-refractivity contribution in [3.8, 4) is 23.0 Å². The number of pyridine rings is 1. The van der Waals surface area contributed by atoms with Gasteiger partial charge in [-0.1, -0.05) is 12.2 Å². The van der Waals surface area contributed by atoms with Gasteiger partial charge >= 0.3 is 5.97 Å². The third-order valence-corrected chi connectivity index (χ3v) is 3.56. The summed E-state index contributed by atoms with van der Waals surface area (Å²) >= 11 is 5.15. The van der Waals surface area contributed by atoms with Crippen molar-refractivity contribution in [3.63, 3.8) is 0 Å². The zero-order valence-corrected chi connectivity index (χ0v) is 14.0. The van der Waals surface area contributed by atoms with Crippen LogP contribution in [0.25, 0.3) is 10.9 Å². The molecule has 2 N–H and O–H groups in total. The number of aromatic nitrogens is 1. The molecule has 1 heterocycles. The number of benzene rings is 1. The highest BCUT2D eigenvalue weighted by Gasteiger charge is 2.24. The third kappa shape index (κ3) is 2.77. The molecule has 0 unspecified atom stereocenters. The van der Waals surface area contributed by atoms with Crippen LogP contribution in [-0.2, 0) is 4.74 Å². The number of carbonyl (C=O) groups excluding carboxylic acids is 1. The monoisotopic (exact) mass is 339 g/mol. The van der Waals surface area contributed by atoms with Gasteiger partial charge in [0.15, 0.2) is 11.5 Å². The van der Waals surface area contributed by atoms with Gasteiger partial charge in [-0.25, -0.2) is 4.79 Å². The van der Waals surface area contributed by atoms with Gasteiger partial charge < -0.3 is 29.0 Å². The molecule has 1 aromatic heterocycles. The van der Waals surface area contributed by atoms with Crippen molar-refractivity contribution in [1.29, 1.82) is 0 Å². The maximum atomic E-state index is 12.0. The number of fused-ring (bicyclic) bond motifs is 1. The quantitative estimate of drug-likeness (QED) is 0.639. The average Bonchev–Trinajstić information content (AvgIpc) is 2.52. The molecule has 0 bridgehead atoms. The number of nitrogens with one attached hydrogen (secondary N) is 1. The van der Waals surface area contributed by atoms with E-state index in [9.17, 15) is 9.90 Å². The normalized spacial score (nSPS) is 10.4. The molecule has 0 aliphatic rings. The fourth-order valence-corrected chi connectivity index (χ4v) is 2.59. The molecule has 0 amide bonds. The van der Waals surface area contributed by atoms with Crippen LogP contribution < -0.4 is 14.2 Å². The number of carbonyl (C=O) groups is 1. The first kappa shape index (κ1) is 16.9. The maximum Gasteiger partial charge on any atom is 0.344 e. The Morgan fingerprint density at radius 1 is 1.22 bits per heavy atom. The van der Waals surface area contributed by atoms with Crippen molar-refractivity contribution < 1.29 is 28.8 Å². The molecule has 0 saturated heterocycles. The molecule has 0 aliphatic carbocycles. The van der Waals surface area contributed by atoms with Crippen molar-refractivity contribution in [3.05, 3.63) is 16.3 Å². The summed E-state index contributed by atoms with van der Waals surface area (Å²) in [5, 5.41) is 10.8. The fraction of sp³-hybridized carbons (Fsp3) is 0.333. The average molecular weight is 339 g/mol. The van der Waals surface area contributed by atoms with Gasteiger partial charge in [-0.2, -0.15) is 0 Å². The minimum Gasteiger partial charge on any atom is -0.506 e. The van der Waals surface area contributed by atoms with E-state index in [0.717, 1.165) is 0 Å². The second-order valence-electron chi connectivity index (χ2n) is 4.47. The number of aromatic amines is 1. The number of hydrogen-bond donors (Lipinski definition) is 2. The molecule has 7 nitrogen and oxygen atoms in total. The molecule has 0 radical (unpaired) electrons. The van der Waals surface area contributed by atoms with Gasteiger partial charge in [0.25, 0.3) is 0 Å². The van der Waals surface area contributed by atoms with E-state index >= 15 is 0 Å². The van der Waals surface area contributed by atoms with Gasteiger partial charge in [-0.15, -0.1) is 0 Å². The molecule has 0 saturated carbocycles. The number of rotatable bonds is 5. The van der Waals surface area contributed by atoms with Crippen LogP contribution >= 0.6 is 12.2 Å². The molecule has 0 atom stereocenters. The molecule has 0 spiro atoms. The van der Waals surface area contributed by atoms with E-state index in [1.54, 1.807) is 13.0 Å². The Bertz CT molecular complexity index is 814. The van der Waals surface area contributed by atoms with Crippen molar-refractivity contribution in [2.75, 3.05) is 27.9 Å². The lowest BCUT2D eigenvalue weighted by molar-refractivity contribution is 0.0522. The molecule has 124 valence electrons. The summed E-state index contributed by atoms with van der Waals surface area (Å²) in [5.41, 5.74) is 0.315. The second kappa shape index (κ2) is 6.74. The summed E-state index contributed by atoms with van der Waals surface area (Å²) in [6.45, 7) is 1.82. The predicted molar refractivity (Wildman–Crippen MR) is 86.4 cm³/mol. The molecule has 23 heavy (non-hydrogen) atoms. The Balaban J connectivity index is 2.92. The lowest BCUT2D eigenvalue weighted by Gasteiger charge is -2.16. The van der Waals surface area contributed by atoms with Crippen molar-refractivity contribution in [2.24, 2.45) is 0 Å². The summed E-state index contributed by atoms with van der Waals surface area (Å²) < 4.78 is 20.9. The number of esters is 1. The Labute approximate surface area is 137 Å². The maximum absolute atomic E-state index is 12.0. The van der Waals surface area contributed by atoms with Crippen molar-refractivity contribution in [1.82, 2.24) is 4.98 Å². The summed E-state index contributed by atoms with van der Waals surface area (Å²) in [6, 6.07) is 1.60. The van der Waals surface area contributed by atoms with E-state index in [1.807, 2.05) is 0 Å². The van der Waals surface area contributed by atoms with Crippen LogP contribution in [0.4, 0.5) is 0 Å². The summed E-state index contributed by atoms with van der Waals surface area (Å²) in [7, 11) is 4.34. The molecule has 8 heteroatoms. The molecule has 1 aromatic carbocycles. The Morgan fingerprint density at radius 3 is 2.39 bits per heavy atom. The lowest BCUT2D eigenvalue weighted by atomic mass is 10.1. The first-order valence-corrected chi connectivity index (χ1v) is 7.15. The second-order valence-corrected chi connectivity index (χ2v) is 4.87. The third-order valence-electron chi connectivity index (χ3n) is 3.26. The summed E-state index contributed by atoms with van der Waals surface area (Å²) in [5.74, 6) is -0.148. The molecule has 2 rings (SSSR count). The van der Waals surface area contributed by atoms with Gasteiger partial charge in [0, 0.05) is 6.07 Å². The minimum atomic E-state index is -0.718. The highest BCUT2D eigenvalue weighted by Crippen LogP contribution is 2.46. The van der Waals surface area contributed by atoms with Gasteiger partial charge in [0.05, 0.1) is 38.8 Å². The molecule has 0 fully saturated rings. The predicted octanol–water partition coefficient (Wildman–Crippen LogP) is 2.81. The topological polar surface area (TPSA) is 90.0 Å². The van der Waals surface area contributed by atoms with Gasteiger partial charge in [0.2, 0.25) is 5.75 Å². The highest BCUT2D eigenvalue weighted by molar-refractivity contribution is 7.71. The lowest BCUT2D eigenvalue weighted by Crippen LogP contribution is -2.07. The Hall–Kier alpha value is -2.48. The Morgan fingerprint density at radius 2 is 1.87 bits per heavy atom. The van der Waals surface area contributed by atoms with E-state index in [4.69, 9.17) is 31.2 Å². The van der Waals surface area contributed by atoms with E-state index in [1.165, 1.54) is 21.3 Å². The van der Waals surface area contributed by atoms with E-state index < -0.39 is 5.97 Å². The standard InChI is InChI=1S/C15H17NO6S/c1-5-22-15(18)10-11(17)9-7(16-14(10)23)6-8(19-2)12(20-3)13(9)21-4/h6H,5H2,1-4H3,(H2,16,17,23). The number of hydrogen-bond acceptors (Lipinski definition) is 7. The number of aromatic hydroxyl groups is 1. The van der Waals surface area contributed by atoms with Crippen molar-refractivity contribution in [2.45, 2.75) is 6.92 Å². The van der Waals surface area contributed by atoms with Crippen LogP contribution in [0.15, 0.2) is 6.07 Å². The number of H-pyrrole nitrogens is 1. The van der Waals surface area contributed by atoms with Crippen LogP contribution in [-0.4, -0.2) is 44.0 Å². The van der Waals surface area contributed by atoms with Crippen LogP contribution in [0.2, 0.25) is 0 Å². The zero-order chi connectivity index (χ0) is 17.1. The molecule has 0 aliphatic heterocycles. The highest BCUT2D eigenvalue weighted by atomic mass is 32.1. The summed E-state index contributed by atoms with van der Waals surface area (Å²) in [6.07, 6.45) is 0. The van der Waals surface area contributed by atoms with E-state index in [-0.39, 0.29) is 39.4 Å². The van der Waals surface area contributed by atoms with Crippen molar-refractivity contribution >= 4 is 29.1 Å². The summed E-state index contributed by atoms with van der Waals surface area (Å²) in [4.78, 5) is 14.9. The number of ether oxygens (including phenoxy) is 4. The van der Waals surface area contributed by atoms with E-state index in [0.29, 0.717) is 11.3 Å². The van der Waals surface area contributed by atoms with E-state index in [2.05, 4.69) is 4.98 Å². The largest absolute Gasteiger partial charge is 0.506 e. The first-order valence-electron chi connectivity index (χ1n) is 6.75. The first-order chi connectivity index (χ1) is 11.0. The van der Waals surface area contributed by atoms with Crippen LogP contribution in [0.5, 0.6) is 23.0 Å². The fourth-order valence-electron chi connectivity index (χ4n) is 2.30. The van der Waals surface area contributed by atoms with Gasteiger partial charge in [0.1, 0.15) is 16.0 Å². The molecule has 2 aromatic rings. The Kier molecular flexibility index (Phi) is 4.95. The van der Waals surface area contributed by atoms with Crippen LogP contribution in [0, 0.1) is 4.64 Å². The van der Waals surface area contributed by atoms with Gasteiger partial charge in [-0.3, -0.25) is 0 Å². The van der Waals surface area contributed by atoms with Crippen LogP contribution in [0.3, 0.4) is 0 Å². The zero-order valence-electron chi connectivity index (χ0n) is 13.2. The molecular weight excluding hydrogens is 322 g/mol. The SMILES string of the molecule is CCOC(=O)c1c(O)c2c(OC)c(OC)c(OC)cc2[nH]c1=S.